The molecule has 104 valence electrons. The van der Waals surface area contributed by atoms with Crippen LogP contribution in [0.3, 0.4) is 0 Å². The van der Waals surface area contributed by atoms with Gasteiger partial charge < -0.3 is 9.72 Å². The molecular weight excluding hydrogens is 260 g/mol. The molecule has 1 N–H and O–H groups in total. The summed E-state index contributed by atoms with van der Waals surface area (Å²) in [6, 6.07) is 4.71. The van der Waals surface area contributed by atoms with Crippen LogP contribution in [0.25, 0.3) is 10.9 Å². The van der Waals surface area contributed by atoms with Crippen molar-refractivity contribution < 1.29 is 14.5 Å². The van der Waals surface area contributed by atoms with E-state index in [1.165, 1.54) is 25.3 Å². The van der Waals surface area contributed by atoms with Gasteiger partial charge in [-0.1, -0.05) is 6.08 Å². The molecule has 2 aromatic rings. The first-order valence-corrected chi connectivity index (χ1v) is 6.03. The van der Waals surface area contributed by atoms with Gasteiger partial charge in [-0.3, -0.25) is 10.1 Å². The van der Waals surface area contributed by atoms with E-state index in [0.717, 1.165) is 22.2 Å². The second-order valence-electron chi connectivity index (χ2n) is 4.35. The third-order valence-corrected chi connectivity index (χ3v) is 3.09. The number of hydrogen-bond acceptors (Lipinski definition) is 4. The van der Waals surface area contributed by atoms with Gasteiger partial charge in [-0.25, -0.2) is 4.79 Å². The van der Waals surface area contributed by atoms with E-state index in [2.05, 4.69) is 9.72 Å². The predicted molar refractivity (Wildman–Crippen MR) is 74.6 cm³/mol. The lowest BCUT2D eigenvalue weighted by Crippen LogP contribution is -1.94. The minimum Gasteiger partial charge on any atom is -0.466 e. The van der Waals surface area contributed by atoms with Crippen molar-refractivity contribution in [2.45, 2.75) is 13.3 Å². The van der Waals surface area contributed by atoms with Gasteiger partial charge in [0.1, 0.15) is 0 Å². The number of nitrogens with zero attached hydrogens (tertiary/aromatic N) is 1. The third kappa shape index (κ3) is 2.69. The summed E-state index contributed by atoms with van der Waals surface area (Å²) in [6.07, 6.45) is 3.63. The molecule has 1 aromatic heterocycles. The lowest BCUT2D eigenvalue weighted by atomic mass is 10.1. The quantitative estimate of drug-likeness (QED) is 0.402. The molecule has 1 aromatic carbocycles. The highest BCUT2D eigenvalue weighted by Crippen LogP contribution is 2.26. The molecule has 0 saturated heterocycles. The molecule has 0 amide bonds. The number of nitro groups is 1. The molecule has 6 nitrogen and oxygen atoms in total. The van der Waals surface area contributed by atoms with E-state index >= 15 is 0 Å². The van der Waals surface area contributed by atoms with E-state index < -0.39 is 10.9 Å². The minimum atomic E-state index is -0.424. The largest absolute Gasteiger partial charge is 0.466 e. The van der Waals surface area contributed by atoms with Crippen LogP contribution in [0.15, 0.2) is 30.4 Å². The molecule has 0 bridgehead atoms. The van der Waals surface area contributed by atoms with Crippen molar-refractivity contribution in [3.63, 3.8) is 0 Å². The number of non-ortho nitro benzene ring substituents is 1. The van der Waals surface area contributed by atoms with E-state index in [-0.39, 0.29) is 5.69 Å². The molecule has 0 fully saturated rings. The Kier molecular flexibility index (Phi) is 3.84. The number of rotatable bonds is 4. The number of allylic oxidation sites excluding steroid dienone is 1. The first kappa shape index (κ1) is 13.8. The smallest absolute Gasteiger partial charge is 0.330 e. The van der Waals surface area contributed by atoms with Gasteiger partial charge in [-0.15, -0.1) is 0 Å². The highest BCUT2D eigenvalue weighted by Gasteiger charge is 2.11. The molecule has 0 aliphatic carbocycles. The molecular formula is C14H14N2O4. The summed E-state index contributed by atoms with van der Waals surface area (Å²) in [5.74, 6) is -0.405. The summed E-state index contributed by atoms with van der Waals surface area (Å²) in [5.41, 5.74) is 2.71. The van der Waals surface area contributed by atoms with Crippen LogP contribution in [0.5, 0.6) is 0 Å². The Bertz CT molecular complexity index is 701. The second kappa shape index (κ2) is 5.56. The number of fused-ring (bicyclic) bond motifs is 1. The number of hydrogen-bond donors (Lipinski definition) is 1. The van der Waals surface area contributed by atoms with Crippen LogP contribution in [0.2, 0.25) is 0 Å². The van der Waals surface area contributed by atoms with Crippen molar-refractivity contribution in [2.75, 3.05) is 7.11 Å². The fourth-order valence-corrected chi connectivity index (χ4v) is 2.10. The van der Waals surface area contributed by atoms with Gasteiger partial charge in [0, 0.05) is 29.3 Å². The number of carbonyl (C=O) groups is 1. The number of aryl methyl sites for hydroxylation is 1. The predicted octanol–water partition coefficient (Wildman–Crippen LogP) is 2.66. The Morgan fingerprint density at radius 3 is 2.90 bits per heavy atom. The van der Waals surface area contributed by atoms with E-state index in [1.807, 2.05) is 6.92 Å². The molecule has 2 rings (SSSR count). The first-order chi connectivity index (χ1) is 9.52. The van der Waals surface area contributed by atoms with Crippen LogP contribution in [0.4, 0.5) is 5.69 Å². The standard InChI is InChI=1S/C14H14N2O4/c1-9-11(4-3-5-14(17)20-2)12-7-6-10(16(18)19)8-13(12)15-9/h3,5-8,15H,4H2,1-2H3. The van der Waals surface area contributed by atoms with Gasteiger partial charge in [0.15, 0.2) is 0 Å². The number of aromatic amines is 1. The monoisotopic (exact) mass is 274 g/mol. The molecule has 20 heavy (non-hydrogen) atoms. The number of nitro benzene ring substituents is 1. The summed E-state index contributed by atoms with van der Waals surface area (Å²) in [6.45, 7) is 1.90. The summed E-state index contributed by atoms with van der Waals surface area (Å²) in [7, 11) is 1.32. The number of ether oxygens (including phenoxy) is 1. The van der Waals surface area contributed by atoms with Gasteiger partial charge in [0.25, 0.3) is 5.69 Å². The maximum Gasteiger partial charge on any atom is 0.330 e. The molecule has 6 heteroatoms. The number of nitrogens with one attached hydrogen (secondary N) is 1. The zero-order chi connectivity index (χ0) is 14.7. The molecule has 0 aliphatic heterocycles. The van der Waals surface area contributed by atoms with E-state index in [1.54, 1.807) is 12.1 Å². The fraction of sp³-hybridized carbons (Fsp3) is 0.214. The minimum absolute atomic E-state index is 0.0513. The Morgan fingerprint density at radius 2 is 2.25 bits per heavy atom. The third-order valence-electron chi connectivity index (χ3n) is 3.09. The van der Waals surface area contributed by atoms with Crippen LogP contribution in [-0.4, -0.2) is 23.0 Å². The molecule has 0 unspecified atom stereocenters. The van der Waals surface area contributed by atoms with E-state index in [4.69, 9.17) is 0 Å². The molecule has 0 radical (unpaired) electrons. The van der Waals surface area contributed by atoms with Gasteiger partial charge in [-0.2, -0.15) is 0 Å². The molecule has 1 heterocycles. The maximum absolute atomic E-state index is 11.0. The summed E-state index contributed by atoms with van der Waals surface area (Å²) in [5, 5.41) is 11.7. The lowest BCUT2D eigenvalue weighted by molar-refractivity contribution is -0.384. The number of carbonyl (C=O) groups excluding carboxylic acids is 1. The van der Waals surface area contributed by atoms with Gasteiger partial charge >= 0.3 is 5.97 Å². The number of aromatic nitrogens is 1. The molecule has 0 spiro atoms. The highest BCUT2D eigenvalue weighted by molar-refractivity contribution is 5.87. The van der Waals surface area contributed by atoms with E-state index in [9.17, 15) is 14.9 Å². The maximum atomic E-state index is 11.0. The normalized spacial score (nSPS) is 11.1. The second-order valence-corrected chi connectivity index (χ2v) is 4.35. The number of methoxy groups -OCH3 is 1. The van der Waals surface area contributed by atoms with E-state index in [0.29, 0.717) is 6.42 Å². The van der Waals surface area contributed by atoms with Gasteiger partial charge in [-0.05, 0) is 25.0 Å². The van der Waals surface area contributed by atoms with Crippen LogP contribution >= 0.6 is 0 Å². The SMILES string of the molecule is COC(=O)C=CCc1c(C)[nH]c2cc([N+](=O)[O-])ccc12. The van der Waals surface area contributed by atoms with Crippen molar-refractivity contribution in [1.29, 1.82) is 0 Å². The van der Waals surface area contributed by atoms with Gasteiger partial charge in [0.2, 0.25) is 0 Å². The molecule has 0 aliphatic rings. The first-order valence-electron chi connectivity index (χ1n) is 6.03. The topological polar surface area (TPSA) is 85.2 Å². The molecule has 0 atom stereocenters. The summed E-state index contributed by atoms with van der Waals surface area (Å²) in [4.78, 5) is 24.5. The van der Waals surface area contributed by atoms with Crippen molar-refractivity contribution in [3.05, 3.63) is 51.7 Å². The Hall–Kier alpha value is -2.63. The average molecular weight is 274 g/mol. The van der Waals surface area contributed by atoms with Crippen LogP contribution in [0.1, 0.15) is 11.3 Å². The zero-order valence-electron chi connectivity index (χ0n) is 11.2. The highest BCUT2D eigenvalue weighted by atomic mass is 16.6. The average Bonchev–Trinajstić information content (AvgIpc) is 2.73. The molecule has 0 saturated carbocycles. The number of esters is 1. The van der Waals surface area contributed by atoms with Crippen LogP contribution in [-0.2, 0) is 16.0 Å². The van der Waals surface area contributed by atoms with Crippen LogP contribution in [0, 0.1) is 17.0 Å². The van der Waals surface area contributed by atoms with Crippen molar-refractivity contribution in [2.24, 2.45) is 0 Å². The summed E-state index contributed by atoms with van der Waals surface area (Å²) >= 11 is 0. The zero-order valence-corrected chi connectivity index (χ0v) is 11.2. The van der Waals surface area contributed by atoms with Crippen LogP contribution < -0.4 is 0 Å². The van der Waals surface area contributed by atoms with Crippen molar-refractivity contribution in [3.8, 4) is 0 Å². The van der Waals surface area contributed by atoms with Gasteiger partial charge in [0.05, 0.1) is 17.5 Å². The Balaban J connectivity index is 2.34. The fourth-order valence-electron chi connectivity index (χ4n) is 2.10. The van der Waals surface area contributed by atoms with Crippen molar-refractivity contribution >= 4 is 22.6 Å². The number of H-pyrrole nitrogens is 1. The Morgan fingerprint density at radius 1 is 1.50 bits per heavy atom. The Labute approximate surface area is 115 Å². The summed E-state index contributed by atoms with van der Waals surface area (Å²) < 4.78 is 4.52. The lowest BCUT2D eigenvalue weighted by Gasteiger charge is -1.97. The number of benzene rings is 1. The van der Waals surface area contributed by atoms with Crippen molar-refractivity contribution in [1.82, 2.24) is 4.98 Å².